The van der Waals surface area contributed by atoms with Crippen LogP contribution in [-0.4, -0.2) is 51.8 Å². The minimum atomic E-state index is -0.926. The molecule has 1 aliphatic heterocycles. The molecule has 33 heavy (non-hydrogen) atoms. The number of aromatic carboxylic acids is 1. The molecule has 0 spiro atoms. The summed E-state index contributed by atoms with van der Waals surface area (Å²) in [5, 5.41) is 9.26. The standard InChI is InChI=1S/C26H31N3O4/c1-4-14-33-24-9-6-19(15-25(24)32-5-2)17-28-12-10-21(11-13-28)29-18(3)27-22-16-20(26(30)31)7-8-23(22)29/h4,6-9,15-16,21H,1,5,10-14,17H2,2-3H3,(H,30,31). The van der Waals surface area contributed by atoms with Gasteiger partial charge in [0.1, 0.15) is 12.4 Å². The Morgan fingerprint density at radius 2 is 1.97 bits per heavy atom. The van der Waals surface area contributed by atoms with Crippen LogP contribution in [0.3, 0.4) is 0 Å². The fourth-order valence-corrected chi connectivity index (χ4v) is 4.59. The van der Waals surface area contributed by atoms with Crippen LogP contribution in [-0.2, 0) is 6.54 Å². The molecule has 1 aromatic heterocycles. The Bertz CT molecular complexity index is 1150. The third-order valence-electron chi connectivity index (χ3n) is 6.11. The zero-order valence-corrected chi connectivity index (χ0v) is 19.3. The Morgan fingerprint density at radius 1 is 1.18 bits per heavy atom. The van der Waals surface area contributed by atoms with Crippen LogP contribution in [0.4, 0.5) is 0 Å². The number of rotatable bonds is 9. The number of hydrogen-bond acceptors (Lipinski definition) is 5. The maximum absolute atomic E-state index is 11.3. The van der Waals surface area contributed by atoms with Gasteiger partial charge in [-0.15, -0.1) is 0 Å². The average Bonchev–Trinajstić information content (AvgIpc) is 3.14. The van der Waals surface area contributed by atoms with Gasteiger partial charge in [-0.05, 0) is 62.6 Å². The van der Waals surface area contributed by atoms with E-state index < -0.39 is 5.97 Å². The fourth-order valence-electron chi connectivity index (χ4n) is 4.59. The van der Waals surface area contributed by atoms with E-state index in [-0.39, 0.29) is 5.56 Å². The van der Waals surface area contributed by atoms with Crippen molar-refractivity contribution >= 4 is 17.0 Å². The van der Waals surface area contributed by atoms with E-state index in [4.69, 9.17) is 9.47 Å². The molecule has 0 atom stereocenters. The van der Waals surface area contributed by atoms with Crippen LogP contribution in [0.5, 0.6) is 11.5 Å². The van der Waals surface area contributed by atoms with Crippen molar-refractivity contribution in [1.29, 1.82) is 0 Å². The highest BCUT2D eigenvalue weighted by Crippen LogP contribution is 2.32. The lowest BCUT2D eigenvalue weighted by Crippen LogP contribution is -2.34. The van der Waals surface area contributed by atoms with Crippen LogP contribution in [0.25, 0.3) is 11.0 Å². The van der Waals surface area contributed by atoms with Gasteiger partial charge in [0.15, 0.2) is 11.5 Å². The van der Waals surface area contributed by atoms with Crippen molar-refractivity contribution in [2.24, 2.45) is 0 Å². The number of likely N-dealkylation sites (tertiary alicyclic amines) is 1. The first-order chi connectivity index (χ1) is 16.0. The molecule has 7 heteroatoms. The van der Waals surface area contributed by atoms with Crippen molar-refractivity contribution in [2.75, 3.05) is 26.3 Å². The molecule has 0 aliphatic carbocycles. The monoisotopic (exact) mass is 449 g/mol. The molecule has 4 rings (SSSR count). The summed E-state index contributed by atoms with van der Waals surface area (Å²) in [4.78, 5) is 18.4. The average molecular weight is 450 g/mol. The highest BCUT2D eigenvalue weighted by Gasteiger charge is 2.24. The van der Waals surface area contributed by atoms with E-state index in [1.54, 1.807) is 18.2 Å². The van der Waals surface area contributed by atoms with Crippen LogP contribution < -0.4 is 9.47 Å². The normalized spacial score (nSPS) is 15.0. The van der Waals surface area contributed by atoms with Crippen molar-refractivity contribution in [3.05, 3.63) is 66.0 Å². The van der Waals surface area contributed by atoms with E-state index in [2.05, 4.69) is 33.2 Å². The predicted octanol–water partition coefficient (Wildman–Crippen LogP) is 4.84. The smallest absolute Gasteiger partial charge is 0.335 e. The summed E-state index contributed by atoms with van der Waals surface area (Å²) in [6.07, 6.45) is 3.77. The Hall–Kier alpha value is -3.32. The second-order valence-electron chi connectivity index (χ2n) is 8.36. The quantitative estimate of drug-likeness (QED) is 0.471. The molecule has 1 saturated heterocycles. The van der Waals surface area contributed by atoms with Gasteiger partial charge in [-0.1, -0.05) is 18.7 Å². The highest BCUT2D eigenvalue weighted by atomic mass is 16.5. The topological polar surface area (TPSA) is 76.8 Å². The molecule has 3 aromatic rings. The van der Waals surface area contributed by atoms with Crippen molar-refractivity contribution in [3.8, 4) is 11.5 Å². The first kappa shape index (κ1) is 22.9. The largest absolute Gasteiger partial charge is 0.490 e. The van der Waals surface area contributed by atoms with Gasteiger partial charge in [-0.3, -0.25) is 4.90 Å². The lowest BCUT2D eigenvalue weighted by Gasteiger charge is -2.33. The van der Waals surface area contributed by atoms with Gasteiger partial charge in [0.2, 0.25) is 0 Å². The molecule has 2 heterocycles. The minimum absolute atomic E-state index is 0.273. The third-order valence-corrected chi connectivity index (χ3v) is 6.11. The van der Waals surface area contributed by atoms with E-state index in [0.29, 0.717) is 19.3 Å². The maximum Gasteiger partial charge on any atom is 0.335 e. The van der Waals surface area contributed by atoms with Crippen LogP contribution in [0.1, 0.15) is 47.6 Å². The number of aromatic nitrogens is 2. The lowest BCUT2D eigenvalue weighted by molar-refractivity contribution is 0.0697. The molecule has 1 aliphatic rings. The molecule has 2 aromatic carbocycles. The van der Waals surface area contributed by atoms with Crippen LogP contribution in [0.2, 0.25) is 0 Å². The molecule has 7 nitrogen and oxygen atoms in total. The number of nitrogens with zero attached hydrogens (tertiary/aromatic N) is 3. The van der Waals surface area contributed by atoms with Crippen LogP contribution in [0, 0.1) is 6.92 Å². The van der Waals surface area contributed by atoms with E-state index in [1.807, 2.05) is 26.0 Å². The first-order valence-corrected chi connectivity index (χ1v) is 11.4. The van der Waals surface area contributed by atoms with Crippen LogP contribution in [0.15, 0.2) is 49.1 Å². The zero-order chi connectivity index (χ0) is 23.4. The number of ether oxygens (including phenoxy) is 2. The number of carboxylic acids is 1. The van der Waals surface area contributed by atoms with Gasteiger partial charge in [0, 0.05) is 25.7 Å². The summed E-state index contributed by atoms with van der Waals surface area (Å²) in [6.45, 7) is 11.5. The molecule has 0 unspecified atom stereocenters. The molecule has 0 bridgehead atoms. The van der Waals surface area contributed by atoms with Gasteiger partial charge < -0.3 is 19.1 Å². The summed E-state index contributed by atoms with van der Waals surface area (Å²) in [6, 6.07) is 11.7. The van der Waals surface area contributed by atoms with Gasteiger partial charge in [-0.2, -0.15) is 0 Å². The Kier molecular flexibility index (Phi) is 6.99. The highest BCUT2D eigenvalue weighted by molar-refractivity contribution is 5.92. The second-order valence-corrected chi connectivity index (χ2v) is 8.36. The maximum atomic E-state index is 11.3. The molecular weight excluding hydrogens is 418 g/mol. The number of benzene rings is 2. The fraction of sp³-hybridized carbons (Fsp3) is 0.385. The molecule has 0 amide bonds. The van der Waals surface area contributed by atoms with E-state index in [1.165, 1.54) is 5.56 Å². The second kappa shape index (κ2) is 10.1. The summed E-state index contributed by atoms with van der Waals surface area (Å²) < 4.78 is 13.8. The molecule has 1 fully saturated rings. The molecule has 0 saturated carbocycles. The van der Waals surface area contributed by atoms with Crippen molar-refractivity contribution < 1.29 is 19.4 Å². The van der Waals surface area contributed by atoms with E-state index >= 15 is 0 Å². The first-order valence-electron chi connectivity index (χ1n) is 11.4. The number of carbonyl (C=O) groups is 1. The third kappa shape index (κ3) is 5.03. The summed E-state index contributed by atoms with van der Waals surface area (Å²) in [7, 11) is 0. The molecule has 174 valence electrons. The number of imidazole rings is 1. The molecule has 0 radical (unpaired) electrons. The number of fused-ring (bicyclic) bond motifs is 1. The van der Waals surface area contributed by atoms with Crippen molar-refractivity contribution in [3.63, 3.8) is 0 Å². The Balaban J connectivity index is 1.43. The van der Waals surface area contributed by atoms with E-state index in [0.717, 1.165) is 60.8 Å². The Labute approximate surface area is 194 Å². The van der Waals surface area contributed by atoms with Gasteiger partial charge in [0.05, 0.1) is 23.2 Å². The summed E-state index contributed by atoms with van der Waals surface area (Å²) in [5.74, 6) is 1.52. The molecule has 1 N–H and O–H groups in total. The molecular formula is C26H31N3O4. The SMILES string of the molecule is C=CCOc1ccc(CN2CCC(n3c(C)nc4cc(C(=O)O)ccc43)CC2)cc1OCC. The summed E-state index contributed by atoms with van der Waals surface area (Å²) in [5.41, 5.74) is 3.23. The number of aryl methyl sites for hydroxylation is 1. The minimum Gasteiger partial charge on any atom is -0.490 e. The van der Waals surface area contributed by atoms with Crippen molar-refractivity contribution in [1.82, 2.24) is 14.5 Å². The van der Waals surface area contributed by atoms with Crippen molar-refractivity contribution in [2.45, 2.75) is 39.3 Å². The van der Waals surface area contributed by atoms with Gasteiger partial charge >= 0.3 is 5.97 Å². The lowest BCUT2D eigenvalue weighted by atomic mass is 10.0. The number of hydrogen-bond donors (Lipinski definition) is 1. The summed E-state index contributed by atoms with van der Waals surface area (Å²) >= 11 is 0. The van der Waals surface area contributed by atoms with Gasteiger partial charge in [0.25, 0.3) is 0 Å². The van der Waals surface area contributed by atoms with Crippen LogP contribution >= 0.6 is 0 Å². The Morgan fingerprint density at radius 3 is 2.67 bits per heavy atom. The predicted molar refractivity (Wildman–Crippen MR) is 128 cm³/mol. The number of piperidine rings is 1. The zero-order valence-electron chi connectivity index (χ0n) is 19.3. The van der Waals surface area contributed by atoms with Gasteiger partial charge in [-0.25, -0.2) is 9.78 Å². The number of carboxylic acid groups (broad SMARTS) is 1. The van der Waals surface area contributed by atoms with E-state index in [9.17, 15) is 9.90 Å².